The first-order valence-corrected chi connectivity index (χ1v) is 10.1. The van der Waals surface area contributed by atoms with Crippen LogP contribution in [0.2, 0.25) is 0 Å². The van der Waals surface area contributed by atoms with Crippen LogP contribution >= 0.6 is 11.8 Å². The van der Waals surface area contributed by atoms with Crippen molar-refractivity contribution < 1.29 is 9.59 Å². The number of nitrogens with zero attached hydrogens (tertiary/aromatic N) is 5. The Balaban J connectivity index is 1.30. The third kappa shape index (κ3) is 3.84. The molecule has 1 saturated heterocycles. The highest BCUT2D eigenvalue weighted by molar-refractivity contribution is 7.99. The van der Waals surface area contributed by atoms with Crippen molar-refractivity contribution in [3.05, 3.63) is 36.8 Å². The first-order chi connectivity index (χ1) is 13.6. The maximum atomic E-state index is 12.2. The summed E-state index contributed by atoms with van der Waals surface area (Å²) >= 11 is 1.51. The standard InChI is InChI=1S/C19H20N6O2S/c1-24-18-15(11-22-24)19(21-12-20-18)28-10-8-16(26)23-13-4-6-14(7-5-13)25-9-2-3-17(25)27/h4-7,11-12H,2-3,8-10H2,1H3,(H,23,26). The van der Waals surface area contributed by atoms with Crippen molar-refractivity contribution in [2.45, 2.75) is 24.3 Å². The highest BCUT2D eigenvalue weighted by Gasteiger charge is 2.21. The van der Waals surface area contributed by atoms with Crippen LogP contribution < -0.4 is 10.2 Å². The van der Waals surface area contributed by atoms with Crippen LogP contribution in [0.3, 0.4) is 0 Å². The molecule has 2 amide bonds. The molecule has 1 fully saturated rings. The van der Waals surface area contributed by atoms with Crippen LogP contribution in [0, 0.1) is 0 Å². The van der Waals surface area contributed by atoms with Crippen molar-refractivity contribution in [3.8, 4) is 0 Å². The highest BCUT2D eigenvalue weighted by Crippen LogP contribution is 2.25. The minimum absolute atomic E-state index is 0.0611. The fourth-order valence-electron chi connectivity index (χ4n) is 3.17. The van der Waals surface area contributed by atoms with Crippen molar-refractivity contribution in [1.29, 1.82) is 0 Å². The molecule has 0 atom stereocenters. The van der Waals surface area contributed by atoms with E-state index in [2.05, 4.69) is 20.4 Å². The van der Waals surface area contributed by atoms with E-state index < -0.39 is 0 Å². The van der Waals surface area contributed by atoms with E-state index >= 15 is 0 Å². The number of benzene rings is 1. The Labute approximate surface area is 166 Å². The van der Waals surface area contributed by atoms with Crippen LogP contribution in [0.15, 0.2) is 41.8 Å². The number of hydrogen-bond donors (Lipinski definition) is 1. The first-order valence-electron chi connectivity index (χ1n) is 9.07. The molecule has 0 saturated carbocycles. The zero-order valence-electron chi connectivity index (χ0n) is 15.5. The number of thioether (sulfide) groups is 1. The van der Waals surface area contributed by atoms with Crippen LogP contribution in [0.1, 0.15) is 19.3 Å². The molecule has 3 heterocycles. The summed E-state index contributed by atoms with van der Waals surface area (Å²) < 4.78 is 1.70. The summed E-state index contributed by atoms with van der Waals surface area (Å²) in [5.74, 6) is 0.697. The molecular weight excluding hydrogens is 376 g/mol. The summed E-state index contributed by atoms with van der Waals surface area (Å²) in [5, 5.41) is 8.80. The fourth-order valence-corrected chi connectivity index (χ4v) is 4.07. The van der Waals surface area contributed by atoms with E-state index in [0.717, 1.165) is 40.4 Å². The second-order valence-corrected chi connectivity index (χ2v) is 7.61. The van der Waals surface area contributed by atoms with Gasteiger partial charge in [0.25, 0.3) is 0 Å². The Bertz CT molecular complexity index is 1020. The Morgan fingerprint density at radius 2 is 2.07 bits per heavy atom. The molecule has 0 aliphatic carbocycles. The largest absolute Gasteiger partial charge is 0.326 e. The average Bonchev–Trinajstić information content (AvgIpc) is 3.29. The number of fused-ring (bicyclic) bond motifs is 1. The number of aromatic nitrogens is 4. The summed E-state index contributed by atoms with van der Waals surface area (Å²) in [6, 6.07) is 7.40. The number of nitrogens with one attached hydrogen (secondary N) is 1. The number of amides is 2. The molecule has 0 bridgehead atoms. The zero-order chi connectivity index (χ0) is 19.5. The number of hydrogen-bond acceptors (Lipinski definition) is 6. The van der Waals surface area contributed by atoms with Gasteiger partial charge in [0.15, 0.2) is 5.65 Å². The predicted octanol–water partition coefficient (Wildman–Crippen LogP) is 2.61. The van der Waals surface area contributed by atoms with Crippen LogP contribution in [0.25, 0.3) is 11.0 Å². The van der Waals surface area contributed by atoms with Gasteiger partial charge in [-0.25, -0.2) is 9.97 Å². The number of aryl methyl sites for hydroxylation is 1. The summed E-state index contributed by atoms with van der Waals surface area (Å²) in [7, 11) is 1.84. The van der Waals surface area contributed by atoms with E-state index in [1.165, 1.54) is 18.1 Å². The summed E-state index contributed by atoms with van der Waals surface area (Å²) in [6.45, 7) is 0.759. The van der Waals surface area contributed by atoms with Gasteiger partial charge in [-0.1, -0.05) is 0 Å². The number of anilines is 2. The summed E-state index contributed by atoms with van der Waals surface area (Å²) in [6.07, 6.45) is 5.12. The monoisotopic (exact) mass is 396 g/mol. The zero-order valence-corrected chi connectivity index (χ0v) is 16.3. The summed E-state index contributed by atoms with van der Waals surface area (Å²) in [4.78, 5) is 34.3. The molecule has 1 aliphatic heterocycles. The highest BCUT2D eigenvalue weighted by atomic mass is 32.2. The van der Waals surface area contributed by atoms with Crippen LogP contribution in [-0.2, 0) is 16.6 Å². The van der Waals surface area contributed by atoms with Crippen LogP contribution in [0.5, 0.6) is 0 Å². The fraction of sp³-hybridized carbons (Fsp3) is 0.316. The lowest BCUT2D eigenvalue weighted by molar-refractivity contribution is -0.117. The first kappa shape index (κ1) is 18.4. The van der Waals surface area contributed by atoms with Crippen molar-refractivity contribution in [2.75, 3.05) is 22.5 Å². The number of carbonyl (C=O) groups is 2. The number of carbonyl (C=O) groups excluding carboxylic acids is 2. The quantitative estimate of drug-likeness (QED) is 0.509. The van der Waals surface area contributed by atoms with Crippen molar-refractivity contribution in [3.63, 3.8) is 0 Å². The van der Waals surface area contributed by atoms with Gasteiger partial charge in [0.2, 0.25) is 11.8 Å². The predicted molar refractivity (Wildman–Crippen MR) is 108 cm³/mol. The lowest BCUT2D eigenvalue weighted by Crippen LogP contribution is -2.23. The van der Waals surface area contributed by atoms with E-state index in [4.69, 9.17) is 0 Å². The van der Waals surface area contributed by atoms with E-state index in [-0.39, 0.29) is 11.8 Å². The van der Waals surface area contributed by atoms with Crippen molar-refractivity contribution in [1.82, 2.24) is 19.7 Å². The van der Waals surface area contributed by atoms with Gasteiger partial charge in [-0.2, -0.15) is 5.10 Å². The second-order valence-electron chi connectivity index (χ2n) is 6.53. The Morgan fingerprint density at radius 1 is 1.25 bits per heavy atom. The molecule has 144 valence electrons. The molecule has 2 aromatic heterocycles. The molecule has 0 radical (unpaired) electrons. The van der Waals surface area contributed by atoms with Crippen molar-refractivity contribution >= 4 is 46.0 Å². The Morgan fingerprint density at radius 3 is 2.82 bits per heavy atom. The molecule has 1 aliphatic rings. The lowest BCUT2D eigenvalue weighted by atomic mass is 10.2. The van der Waals surface area contributed by atoms with E-state index in [9.17, 15) is 9.59 Å². The van der Waals surface area contributed by atoms with Gasteiger partial charge in [-0.3, -0.25) is 14.3 Å². The van der Waals surface area contributed by atoms with Crippen LogP contribution in [-0.4, -0.2) is 43.9 Å². The van der Waals surface area contributed by atoms with E-state index in [0.29, 0.717) is 18.6 Å². The molecule has 0 unspecified atom stereocenters. The van der Waals surface area contributed by atoms with E-state index in [1.807, 2.05) is 31.3 Å². The Hall–Kier alpha value is -2.94. The van der Waals surface area contributed by atoms with Gasteiger partial charge in [0.05, 0.1) is 11.6 Å². The third-order valence-electron chi connectivity index (χ3n) is 4.60. The second kappa shape index (κ2) is 7.97. The van der Waals surface area contributed by atoms with Crippen LogP contribution in [0.4, 0.5) is 11.4 Å². The topological polar surface area (TPSA) is 93.0 Å². The molecule has 1 aromatic carbocycles. The normalized spacial score (nSPS) is 14.0. The molecule has 9 heteroatoms. The maximum Gasteiger partial charge on any atom is 0.227 e. The summed E-state index contributed by atoms with van der Waals surface area (Å²) in [5.41, 5.74) is 2.38. The van der Waals surface area contributed by atoms with Crippen molar-refractivity contribution in [2.24, 2.45) is 7.05 Å². The smallest absolute Gasteiger partial charge is 0.227 e. The molecule has 3 aromatic rings. The molecule has 8 nitrogen and oxygen atoms in total. The molecule has 0 spiro atoms. The SMILES string of the molecule is Cn1ncc2c(SCCC(=O)Nc3ccc(N4CCCC4=O)cc3)ncnc21. The molecule has 1 N–H and O–H groups in total. The Kier molecular flexibility index (Phi) is 5.25. The third-order valence-corrected chi connectivity index (χ3v) is 5.60. The minimum atomic E-state index is -0.0611. The van der Waals surface area contributed by atoms with E-state index in [1.54, 1.807) is 15.8 Å². The maximum absolute atomic E-state index is 12.2. The van der Waals surface area contributed by atoms with Gasteiger partial charge in [0.1, 0.15) is 11.4 Å². The molecular formula is C19H20N6O2S. The molecule has 28 heavy (non-hydrogen) atoms. The molecule has 4 rings (SSSR count). The number of rotatable bonds is 6. The average molecular weight is 396 g/mol. The minimum Gasteiger partial charge on any atom is -0.326 e. The van der Waals surface area contributed by atoms with Gasteiger partial charge in [0, 0.05) is 43.6 Å². The van der Waals surface area contributed by atoms with Gasteiger partial charge in [-0.15, -0.1) is 11.8 Å². The van der Waals surface area contributed by atoms with Gasteiger partial charge >= 0.3 is 0 Å². The van der Waals surface area contributed by atoms with Gasteiger partial charge in [-0.05, 0) is 30.7 Å². The lowest BCUT2D eigenvalue weighted by Gasteiger charge is -2.16. The van der Waals surface area contributed by atoms with Gasteiger partial charge < -0.3 is 10.2 Å².